The average molecular weight is 464 g/mol. The van der Waals surface area contributed by atoms with Crippen molar-refractivity contribution in [3.8, 4) is 17.0 Å². The lowest BCUT2D eigenvalue weighted by molar-refractivity contribution is 0.101. The van der Waals surface area contributed by atoms with Crippen molar-refractivity contribution in [3.05, 3.63) is 88.5 Å². The minimum absolute atomic E-state index is 0.250. The molecule has 0 aliphatic rings. The van der Waals surface area contributed by atoms with Gasteiger partial charge in [0, 0.05) is 17.5 Å². The van der Waals surface area contributed by atoms with Gasteiger partial charge in [-0.25, -0.2) is 9.37 Å². The van der Waals surface area contributed by atoms with Gasteiger partial charge in [-0.15, -0.1) is 22.7 Å². The zero-order valence-corrected chi connectivity index (χ0v) is 18.7. The molecule has 3 aromatic heterocycles. The fourth-order valence-electron chi connectivity index (χ4n) is 3.54. The second kappa shape index (κ2) is 8.57. The number of aromatic nitrogens is 2. The maximum Gasteiger partial charge on any atom is 0.274 e. The number of carbonyl (C=O) groups excluding carboxylic acids is 1. The van der Waals surface area contributed by atoms with Gasteiger partial charge in [0.25, 0.3) is 5.91 Å². The highest BCUT2D eigenvalue weighted by Crippen LogP contribution is 2.29. The zero-order chi connectivity index (χ0) is 22.1. The third-order valence-corrected chi connectivity index (χ3v) is 6.71. The molecule has 8 heteroatoms. The van der Waals surface area contributed by atoms with Crippen molar-refractivity contribution in [2.45, 2.75) is 6.54 Å². The summed E-state index contributed by atoms with van der Waals surface area (Å²) >= 11 is 2.93. The summed E-state index contributed by atoms with van der Waals surface area (Å²) in [5.74, 6) is 0.230. The van der Waals surface area contributed by atoms with Crippen molar-refractivity contribution in [3.63, 3.8) is 0 Å². The van der Waals surface area contributed by atoms with E-state index in [1.54, 1.807) is 24.5 Å². The SMILES string of the molecule is COc1ccc(-c2csc(NC(=O)c3cc4sccc4n3Cc3cccc(F)c3)n2)cc1. The summed E-state index contributed by atoms with van der Waals surface area (Å²) in [7, 11) is 1.62. The monoisotopic (exact) mass is 463 g/mol. The van der Waals surface area contributed by atoms with Crippen molar-refractivity contribution in [2.24, 2.45) is 0 Å². The van der Waals surface area contributed by atoms with E-state index in [1.807, 2.05) is 57.8 Å². The minimum Gasteiger partial charge on any atom is -0.497 e. The molecule has 0 bridgehead atoms. The first kappa shape index (κ1) is 20.4. The van der Waals surface area contributed by atoms with E-state index in [2.05, 4.69) is 10.3 Å². The summed E-state index contributed by atoms with van der Waals surface area (Å²) in [6, 6.07) is 17.9. The molecule has 0 saturated carbocycles. The summed E-state index contributed by atoms with van der Waals surface area (Å²) in [6.45, 7) is 0.399. The molecule has 1 amide bonds. The van der Waals surface area contributed by atoms with Crippen molar-refractivity contribution in [1.29, 1.82) is 0 Å². The number of amides is 1. The topological polar surface area (TPSA) is 56.1 Å². The fourth-order valence-corrected chi connectivity index (χ4v) is 5.08. The minimum atomic E-state index is -0.295. The van der Waals surface area contributed by atoms with E-state index in [1.165, 1.54) is 23.5 Å². The highest BCUT2D eigenvalue weighted by molar-refractivity contribution is 7.17. The Morgan fingerprint density at radius 3 is 2.75 bits per heavy atom. The Morgan fingerprint density at radius 2 is 1.97 bits per heavy atom. The number of methoxy groups -OCH3 is 1. The summed E-state index contributed by atoms with van der Waals surface area (Å²) in [4.78, 5) is 17.7. The first-order valence-electron chi connectivity index (χ1n) is 9.83. The molecule has 1 N–H and O–H groups in total. The first-order valence-corrected chi connectivity index (χ1v) is 11.6. The number of halogens is 1. The summed E-state index contributed by atoms with van der Waals surface area (Å²) in [5.41, 5.74) is 3.97. The molecule has 0 fully saturated rings. The molecular weight excluding hydrogens is 445 g/mol. The summed E-state index contributed by atoms with van der Waals surface area (Å²) in [5, 5.41) is 7.32. The number of nitrogens with zero attached hydrogens (tertiary/aromatic N) is 2. The Bertz CT molecular complexity index is 1400. The van der Waals surface area contributed by atoms with E-state index in [0.717, 1.165) is 32.8 Å². The second-order valence-electron chi connectivity index (χ2n) is 7.14. The molecule has 0 radical (unpaired) electrons. The summed E-state index contributed by atoms with van der Waals surface area (Å²) in [6.07, 6.45) is 0. The molecule has 5 rings (SSSR count). The maximum atomic E-state index is 13.7. The number of thiazole rings is 1. The molecule has 32 heavy (non-hydrogen) atoms. The standard InChI is InChI=1S/C24H18FN3O2S2/c1-30-18-7-5-16(6-8-18)19-14-32-24(26-19)27-23(29)21-12-22-20(9-10-31-22)28(21)13-15-3-2-4-17(25)11-15/h2-12,14H,13H2,1H3,(H,26,27,29). The van der Waals surface area contributed by atoms with Crippen LogP contribution in [0, 0.1) is 5.82 Å². The highest BCUT2D eigenvalue weighted by atomic mass is 32.1. The van der Waals surface area contributed by atoms with Crippen LogP contribution in [0.5, 0.6) is 5.75 Å². The van der Waals surface area contributed by atoms with E-state index < -0.39 is 0 Å². The van der Waals surface area contributed by atoms with Gasteiger partial charge in [0.1, 0.15) is 17.3 Å². The van der Waals surface area contributed by atoms with Crippen LogP contribution in [0.2, 0.25) is 0 Å². The number of thiophene rings is 1. The molecule has 0 saturated heterocycles. The Hall–Kier alpha value is -3.49. The number of hydrogen-bond donors (Lipinski definition) is 1. The number of anilines is 1. The van der Waals surface area contributed by atoms with Crippen molar-refractivity contribution < 1.29 is 13.9 Å². The van der Waals surface area contributed by atoms with E-state index in [0.29, 0.717) is 17.4 Å². The van der Waals surface area contributed by atoms with Crippen LogP contribution < -0.4 is 10.1 Å². The molecule has 0 spiro atoms. The predicted octanol–water partition coefficient (Wildman–Crippen LogP) is 6.27. The molecule has 0 unspecified atom stereocenters. The van der Waals surface area contributed by atoms with Crippen LogP contribution in [0.25, 0.3) is 21.5 Å². The van der Waals surface area contributed by atoms with Gasteiger partial charge < -0.3 is 9.30 Å². The third kappa shape index (κ3) is 4.02. The van der Waals surface area contributed by atoms with Crippen LogP contribution in [-0.4, -0.2) is 22.6 Å². The van der Waals surface area contributed by atoms with E-state index in [9.17, 15) is 9.18 Å². The predicted molar refractivity (Wildman–Crippen MR) is 127 cm³/mol. The lowest BCUT2D eigenvalue weighted by Crippen LogP contribution is -2.17. The van der Waals surface area contributed by atoms with Crippen LogP contribution in [0.15, 0.2) is 71.4 Å². The van der Waals surface area contributed by atoms with Gasteiger partial charge in [0.15, 0.2) is 5.13 Å². The van der Waals surface area contributed by atoms with Crippen LogP contribution in [-0.2, 0) is 6.54 Å². The largest absolute Gasteiger partial charge is 0.497 e. The molecule has 160 valence electrons. The molecular formula is C24H18FN3O2S2. The van der Waals surface area contributed by atoms with Gasteiger partial charge in [0.05, 0.1) is 23.0 Å². The third-order valence-electron chi connectivity index (χ3n) is 5.10. The lowest BCUT2D eigenvalue weighted by atomic mass is 10.2. The molecule has 2 aromatic carbocycles. The zero-order valence-electron chi connectivity index (χ0n) is 17.0. The van der Waals surface area contributed by atoms with Crippen LogP contribution in [0.3, 0.4) is 0 Å². The number of ether oxygens (including phenoxy) is 1. The number of nitrogens with one attached hydrogen (secondary N) is 1. The Morgan fingerprint density at radius 1 is 1.12 bits per heavy atom. The lowest BCUT2D eigenvalue weighted by Gasteiger charge is -2.10. The number of fused-ring (bicyclic) bond motifs is 1. The first-order chi connectivity index (χ1) is 15.6. The smallest absolute Gasteiger partial charge is 0.274 e. The van der Waals surface area contributed by atoms with E-state index in [4.69, 9.17) is 4.74 Å². The van der Waals surface area contributed by atoms with Gasteiger partial charge in [-0.2, -0.15) is 0 Å². The average Bonchev–Trinajstić information content (AvgIpc) is 3.52. The second-order valence-corrected chi connectivity index (χ2v) is 8.94. The molecule has 0 atom stereocenters. The number of hydrogen-bond acceptors (Lipinski definition) is 5. The van der Waals surface area contributed by atoms with Crippen molar-refractivity contribution in [1.82, 2.24) is 9.55 Å². The Labute approximate surface area is 191 Å². The Balaban J connectivity index is 1.40. The van der Waals surface area contributed by atoms with Gasteiger partial charge in [0.2, 0.25) is 0 Å². The highest BCUT2D eigenvalue weighted by Gasteiger charge is 2.18. The van der Waals surface area contributed by atoms with Crippen LogP contribution >= 0.6 is 22.7 Å². The molecule has 5 nitrogen and oxygen atoms in total. The van der Waals surface area contributed by atoms with Gasteiger partial charge >= 0.3 is 0 Å². The molecule has 3 heterocycles. The molecule has 0 aliphatic heterocycles. The quantitative estimate of drug-likeness (QED) is 0.323. The van der Waals surface area contributed by atoms with E-state index >= 15 is 0 Å². The van der Waals surface area contributed by atoms with Crippen LogP contribution in [0.1, 0.15) is 16.1 Å². The van der Waals surface area contributed by atoms with Gasteiger partial charge in [-0.1, -0.05) is 12.1 Å². The molecule has 0 aliphatic carbocycles. The number of rotatable bonds is 6. The summed E-state index contributed by atoms with van der Waals surface area (Å²) < 4.78 is 21.8. The Kier molecular flexibility index (Phi) is 5.46. The van der Waals surface area contributed by atoms with Crippen molar-refractivity contribution >= 4 is 43.9 Å². The van der Waals surface area contributed by atoms with Gasteiger partial charge in [-0.3, -0.25) is 10.1 Å². The van der Waals surface area contributed by atoms with Crippen molar-refractivity contribution in [2.75, 3.05) is 12.4 Å². The fraction of sp³-hybridized carbons (Fsp3) is 0.0833. The maximum absolute atomic E-state index is 13.7. The number of benzene rings is 2. The number of carbonyl (C=O) groups is 1. The van der Waals surface area contributed by atoms with Gasteiger partial charge in [-0.05, 0) is 59.5 Å². The van der Waals surface area contributed by atoms with Crippen LogP contribution in [0.4, 0.5) is 9.52 Å². The molecule has 5 aromatic rings. The normalized spacial score (nSPS) is 11.1. The van der Waals surface area contributed by atoms with E-state index in [-0.39, 0.29) is 11.7 Å².